The van der Waals surface area contributed by atoms with E-state index in [1.54, 1.807) is 19.9 Å². The van der Waals surface area contributed by atoms with Gasteiger partial charge in [-0.1, -0.05) is 0 Å². The Hall–Kier alpha value is -0.890. The van der Waals surface area contributed by atoms with Crippen LogP contribution in [0.1, 0.15) is 18.4 Å². The second-order valence-corrected chi connectivity index (χ2v) is 6.82. The summed E-state index contributed by atoms with van der Waals surface area (Å²) in [6.07, 6.45) is -0.267. The Labute approximate surface area is 113 Å². The van der Waals surface area contributed by atoms with Gasteiger partial charge in [-0.15, -0.1) is 0 Å². The molecule has 2 N–H and O–H groups in total. The normalized spacial score (nSPS) is 23.5. The molecule has 2 heterocycles. The van der Waals surface area contributed by atoms with Crippen LogP contribution in [0, 0.1) is 13.8 Å². The molecule has 0 amide bonds. The first-order valence-corrected chi connectivity index (χ1v) is 7.70. The minimum absolute atomic E-state index is 0.204. The maximum Gasteiger partial charge on any atom is 0.246 e. The van der Waals surface area contributed by atoms with Gasteiger partial charge in [0.1, 0.15) is 16.4 Å². The molecule has 2 atom stereocenters. The van der Waals surface area contributed by atoms with Crippen LogP contribution >= 0.6 is 0 Å². The third kappa shape index (κ3) is 2.84. The van der Waals surface area contributed by atoms with Crippen molar-refractivity contribution in [3.63, 3.8) is 0 Å². The molecule has 0 spiro atoms. The van der Waals surface area contributed by atoms with E-state index in [4.69, 9.17) is 14.9 Å². The number of ether oxygens (including phenoxy) is 1. The van der Waals surface area contributed by atoms with Crippen LogP contribution < -0.4 is 5.73 Å². The zero-order chi connectivity index (χ0) is 14.2. The van der Waals surface area contributed by atoms with E-state index in [-0.39, 0.29) is 23.6 Å². The summed E-state index contributed by atoms with van der Waals surface area (Å²) in [7, 11) is -3.53. The van der Waals surface area contributed by atoms with E-state index >= 15 is 0 Å². The summed E-state index contributed by atoms with van der Waals surface area (Å²) in [5.74, 6) is 1.01. The van der Waals surface area contributed by atoms with E-state index in [2.05, 4.69) is 0 Å². The molecule has 0 unspecified atom stereocenters. The van der Waals surface area contributed by atoms with Crippen molar-refractivity contribution in [3.8, 4) is 0 Å². The molecule has 1 saturated heterocycles. The van der Waals surface area contributed by atoms with Crippen molar-refractivity contribution in [2.75, 3.05) is 19.7 Å². The first kappa shape index (κ1) is 14.5. The van der Waals surface area contributed by atoms with E-state index in [9.17, 15) is 8.42 Å². The fourth-order valence-electron chi connectivity index (χ4n) is 2.19. The number of aryl methyl sites for hydroxylation is 2. The quantitative estimate of drug-likeness (QED) is 0.882. The Morgan fingerprint density at radius 3 is 2.68 bits per heavy atom. The highest BCUT2D eigenvalue weighted by molar-refractivity contribution is 7.89. The molecule has 2 rings (SSSR count). The Kier molecular flexibility index (Phi) is 4.00. The van der Waals surface area contributed by atoms with Gasteiger partial charge in [-0.2, -0.15) is 4.31 Å². The Balaban J connectivity index is 2.27. The third-order valence-electron chi connectivity index (χ3n) is 3.26. The summed E-state index contributed by atoms with van der Waals surface area (Å²) in [4.78, 5) is 0.232. The van der Waals surface area contributed by atoms with Gasteiger partial charge in [-0.3, -0.25) is 0 Å². The maximum absolute atomic E-state index is 12.6. The molecule has 0 aliphatic carbocycles. The largest absolute Gasteiger partial charge is 0.465 e. The van der Waals surface area contributed by atoms with Gasteiger partial charge in [-0.25, -0.2) is 8.42 Å². The lowest BCUT2D eigenvalue weighted by molar-refractivity contribution is -0.0120. The molecule has 0 saturated carbocycles. The molecule has 19 heavy (non-hydrogen) atoms. The third-order valence-corrected chi connectivity index (χ3v) is 5.23. The second-order valence-electron chi connectivity index (χ2n) is 4.91. The van der Waals surface area contributed by atoms with Crippen LogP contribution in [0.4, 0.5) is 0 Å². The van der Waals surface area contributed by atoms with Crippen molar-refractivity contribution < 1.29 is 17.6 Å². The Morgan fingerprint density at radius 1 is 1.47 bits per heavy atom. The SMILES string of the molecule is Cc1cc(S(=O)(=O)N2CCO[C@@H]([C@@H](C)N)C2)c(C)o1. The van der Waals surface area contributed by atoms with Gasteiger partial charge in [0.2, 0.25) is 10.0 Å². The lowest BCUT2D eigenvalue weighted by atomic mass is 10.2. The number of sulfonamides is 1. The molecular formula is C12H20N2O4S. The van der Waals surface area contributed by atoms with Crippen molar-refractivity contribution in [2.24, 2.45) is 5.73 Å². The van der Waals surface area contributed by atoms with Crippen LogP contribution in [0.25, 0.3) is 0 Å². The Morgan fingerprint density at radius 2 is 2.16 bits per heavy atom. The first-order valence-electron chi connectivity index (χ1n) is 6.26. The van der Waals surface area contributed by atoms with E-state index in [0.717, 1.165) is 0 Å². The summed E-state index contributed by atoms with van der Waals surface area (Å²) in [6.45, 7) is 6.19. The van der Waals surface area contributed by atoms with Gasteiger partial charge in [0.15, 0.2) is 0 Å². The number of nitrogens with zero attached hydrogens (tertiary/aromatic N) is 1. The monoisotopic (exact) mass is 288 g/mol. The summed E-state index contributed by atoms with van der Waals surface area (Å²) >= 11 is 0. The zero-order valence-corrected chi connectivity index (χ0v) is 12.2. The second kappa shape index (κ2) is 5.24. The molecule has 0 radical (unpaired) electrons. The van der Waals surface area contributed by atoms with Gasteiger partial charge in [0, 0.05) is 19.1 Å². The number of morpholine rings is 1. The van der Waals surface area contributed by atoms with Crippen molar-refractivity contribution in [1.82, 2.24) is 4.31 Å². The van der Waals surface area contributed by atoms with Crippen LogP contribution in [-0.4, -0.2) is 44.6 Å². The molecular weight excluding hydrogens is 268 g/mol. The maximum atomic E-state index is 12.6. The van der Waals surface area contributed by atoms with Crippen molar-refractivity contribution in [3.05, 3.63) is 17.6 Å². The van der Waals surface area contributed by atoms with Crippen LogP contribution in [-0.2, 0) is 14.8 Å². The lowest BCUT2D eigenvalue weighted by Gasteiger charge is -2.33. The van der Waals surface area contributed by atoms with Crippen LogP contribution in [0.15, 0.2) is 15.4 Å². The highest BCUT2D eigenvalue weighted by Gasteiger charge is 2.34. The van der Waals surface area contributed by atoms with Crippen molar-refractivity contribution >= 4 is 10.0 Å². The van der Waals surface area contributed by atoms with Gasteiger partial charge in [0.05, 0.1) is 12.7 Å². The first-order chi connectivity index (χ1) is 8.82. The molecule has 1 fully saturated rings. The molecule has 1 aliphatic rings. The molecule has 6 nitrogen and oxygen atoms in total. The fourth-order valence-corrected chi connectivity index (χ4v) is 3.85. The minimum Gasteiger partial charge on any atom is -0.465 e. The number of rotatable bonds is 3. The van der Waals surface area contributed by atoms with Crippen LogP contribution in [0.5, 0.6) is 0 Å². The fraction of sp³-hybridized carbons (Fsp3) is 0.667. The van der Waals surface area contributed by atoms with E-state index in [1.807, 2.05) is 6.92 Å². The van der Waals surface area contributed by atoms with Gasteiger partial charge in [0.25, 0.3) is 0 Å². The number of nitrogens with two attached hydrogens (primary N) is 1. The zero-order valence-electron chi connectivity index (χ0n) is 11.4. The molecule has 1 aromatic heterocycles. The molecule has 108 valence electrons. The Bertz CT molecular complexity index is 550. The van der Waals surface area contributed by atoms with Crippen molar-refractivity contribution in [2.45, 2.75) is 37.8 Å². The lowest BCUT2D eigenvalue weighted by Crippen LogP contribution is -2.51. The summed E-state index contributed by atoms with van der Waals surface area (Å²) < 4.78 is 37.3. The molecule has 1 aliphatic heterocycles. The van der Waals surface area contributed by atoms with Crippen LogP contribution in [0.2, 0.25) is 0 Å². The van der Waals surface area contributed by atoms with Gasteiger partial charge in [-0.05, 0) is 26.8 Å². The smallest absolute Gasteiger partial charge is 0.246 e. The van der Waals surface area contributed by atoms with Gasteiger partial charge < -0.3 is 14.9 Å². The molecule has 0 aromatic carbocycles. The number of hydrogen-bond acceptors (Lipinski definition) is 5. The topological polar surface area (TPSA) is 85.8 Å². The van der Waals surface area contributed by atoms with Gasteiger partial charge >= 0.3 is 0 Å². The summed E-state index contributed by atoms with van der Waals surface area (Å²) in [6, 6.07) is 1.35. The predicted octanol–water partition coefficient (Wildman–Crippen LogP) is 0.633. The van der Waals surface area contributed by atoms with E-state index < -0.39 is 10.0 Å². The van der Waals surface area contributed by atoms with E-state index in [1.165, 1.54) is 4.31 Å². The summed E-state index contributed by atoms with van der Waals surface area (Å²) in [5.41, 5.74) is 5.78. The highest BCUT2D eigenvalue weighted by atomic mass is 32.2. The predicted molar refractivity (Wildman–Crippen MR) is 70.3 cm³/mol. The van der Waals surface area contributed by atoms with E-state index in [0.29, 0.717) is 24.7 Å². The number of furan rings is 1. The average Bonchev–Trinajstić information content (AvgIpc) is 2.69. The highest BCUT2D eigenvalue weighted by Crippen LogP contribution is 2.25. The molecule has 7 heteroatoms. The molecule has 0 bridgehead atoms. The van der Waals surface area contributed by atoms with Crippen molar-refractivity contribution in [1.29, 1.82) is 0 Å². The van der Waals surface area contributed by atoms with Crippen LogP contribution in [0.3, 0.4) is 0 Å². The standard InChI is InChI=1S/C12H20N2O4S/c1-8-6-12(10(3)18-8)19(15,16)14-4-5-17-11(7-14)9(2)13/h6,9,11H,4-5,7,13H2,1-3H3/t9-,11-/m1/s1. The minimum atomic E-state index is -3.53. The molecule has 1 aromatic rings. The summed E-state index contributed by atoms with van der Waals surface area (Å²) in [5, 5.41) is 0. The number of hydrogen-bond donors (Lipinski definition) is 1. The average molecular weight is 288 g/mol.